The molecule has 0 saturated heterocycles. The number of rotatable bonds is 2. The zero-order valence-electron chi connectivity index (χ0n) is 12.3. The van der Waals surface area contributed by atoms with Crippen molar-refractivity contribution in [3.63, 3.8) is 0 Å². The molecule has 3 nitrogen and oxygen atoms in total. The molecule has 0 unspecified atom stereocenters. The molecule has 2 atom stereocenters. The van der Waals surface area contributed by atoms with E-state index in [4.69, 9.17) is 0 Å². The summed E-state index contributed by atoms with van der Waals surface area (Å²) >= 11 is 0. The molecule has 0 aromatic heterocycles. The van der Waals surface area contributed by atoms with E-state index in [0.717, 1.165) is 29.2 Å². The Kier molecular flexibility index (Phi) is 3.68. The van der Waals surface area contributed by atoms with Gasteiger partial charge in [-0.15, -0.1) is 0 Å². The first kappa shape index (κ1) is 14.1. The van der Waals surface area contributed by atoms with E-state index in [1.807, 2.05) is 30.3 Å². The van der Waals surface area contributed by atoms with Crippen molar-refractivity contribution in [2.75, 3.05) is 7.05 Å². The molecule has 1 fully saturated rings. The third-order valence-electron chi connectivity index (χ3n) is 4.76. The fourth-order valence-electron chi connectivity index (χ4n) is 3.58. The SMILES string of the molecule is CNC(=O)[C@@]1(c2ccc3ccccc3c2)CCCC[C@@H]1O. The fourth-order valence-corrected chi connectivity index (χ4v) is 3.58. The van der Waals surface area contributed by atoms with E-state index in [-0.39, 0.29) is 5.91 Å². The number of hydrogen-bond donors (Lipinski definition) is 2. The van der Waals surface area contributed by atoms with Crippen molar-refractivity contribution < 1.29 is 9.90 Å². The standard InChI is InChI=1S/C18H21NO2/c1-19-17(21)18(11-5-4-8-16(18)20)15-10-9-13-6-2-3-7-14(13)12-15/h2-3,6-7,9-10,12,16,20H,4-5,8,11H2,1H3,(H,19,21)/t16-,18+/m0/s1. The van der Waals surface area contributed by atoms with E-state index in [9.17, 15) is 9.90 Å². The van der Waals surface area contributed by atoms with Crippen LogP contribution < -0.4 is 5.32 Å². The zero-order valence-corrected chi connectivity index (χ0v) is 12.3. The van der Waals surface area contributed by atoms with E-state index in [1.54, 1.807) is 7.05 Å². The fraction of sp³-hybridized carbons (Fsp3) is 0.389. The molecule has 2 aromatic carbocycles. The third-order valence-corrected chi connectivity index (χ3v) is 4.76. The minimum Gasteiger partial charge on any atom is -0.392 e. The molecule has 0 aliphatic heterocycles. The lowest BCUT2D eigenvalue weighted by atomic mass is 9.66. The normalized spacial score (nSPS) is 25.7. The number of carbonyl (C=O) groups is 1. The van der Waals surface area contributed by atoms with Gasteiger partial charge >= 0.3 is 0 Å². The van der Waals surface area contributed by atoms with E-state index < -0.39 is 11.5 Å². The summed E-state index contributed by atoms with van der Waals surface area (Å²) in [6.45, 7) is 0. The van der Waals surface area contributed by atoms with Gasteiger partial charge in [0.2, 0.25) is 5.91 Å². The number of nitrogens with one attached hydrogen (secondary N) is 1. The highest BCUT2D eigenvalue weighted by Gasteiger charge is 2.47. The van der Waals surface area contributed by atoms with Gasteiger partial charge in [-0.1, -0.05) is 49.2 Å². The van der Waals surface area contributed by atoms with Gasteiger partial charge in [-0.2, -0.15) is 0 Å². The molecule has 3 rings (SSSR count). The maximum absolute atomic E-state index is 12.6. The van der Waals surface area contributed by atoms with Crippen LogP contribution in [-0.4, -0.2) is 24.2 Å². The molecule has 110 valence electrons. The molecule has 1 saturated carbocycles. The van der Waals surface area contributed by atoms with Crippen molar-refractivity contribution >= 4 is 16.7 Å². The smallest absolute Gasteiger partial charge is 0.233 e. The predicted octanol–water partition coefficient (Wildman–Crippen LogP) is 2.76. The average molecular weight is 283 g/mol. The number of aliphatic hydroxyl groups is 1. The number of likely N-dealkylation sites (N-methyl/N-ethyl adjacent to an activating group) is 1. The van der Waals surface area contributed by atoms with Gasteiger partial charge in [0.15, 0.2) is 0 Å². The molecular formula is C18H21NO2. The average Bonchev–Trinajstić information content (AvgIpc) is 2.54. The highest BCUT2D eigenvalue weighted by atomic mass is 16.3. The number of fused-ring (bicyclic) bond motifs is 1. The molecule has 3 heteroatoms. The van der Waals surface area contributed by atoms with Crippen LogP contribution in [0.25, 0.3) is 10.8 Å². The lowest BCUT2D eigenvalue weighted by Crippen LogP contribution is -2.53. The summed E-state index contributed by atoms with van der Waals surface area (Å²) in [5.74, 6) is -0.0787. The van der Waals surface area contributed by atoms with Crippen LogP contribution in [0.15, 0.2) is 42.5 Å². The first-order valence-corrected chi connectivity index (χ1v) is 7.58. The summed E-state index contributed by atoms with van der Waals surface area (Å²) < 4.78 is 0. The van der Waals surface area contributed by atoms with Gasteiger partial charge in [0.25, 0.3) is 0 Å². The number of benzene rings is 2. The molecule has 2 aromatic rings. The van der Waals surface area contributed by atoms with Gasteiger partial charge in [0, 0.05) is 7.05 Å². The zero-order chi connectivity index (χ0) is 14.9. The summed E-state index contributed by atoms with van der Waals surface area (Å²) in [5.41, 5.74) is 0.115. The summed E-state index contributed by atoms with van der Waals surface area (Å²) in [5, 5.41) is 15.6. The van der Waals surface area contributed by atoms with Gasteiger partial charge in [0.1, 0.15) is 0 Å². The molecule has 21 heavy (non-hydrogen) atoms. The molecule has 1 aliphatic rings. The van der Waals surface area contributed by atoms with Crippen molar-refractivity contribution in [1.82, 2.24) is 5.32 Å². The Hall–Kier alpha value is -1.87. The van der Waals surface area contributed by atoms with Crippen molar-refractivity contribution in [3.05, 3.63) is 48.0 Å². The van der Waals surface area contributed by atoms with Gasteiger partial charge in [0.05, 0.1) is 11.5 Å². The van der Waals surface area contributed by atoms with Crippen LogP contribution >= 0.6 is 0 Å². The third kappa shape index (κ3) is 2.22. The lowest BCUT2D eigenvalue weighted by molar-refractivity contribution is -0.132. The van der Waals surface area contributed by atoms with Gasteiger partial charge in [-0.05, 0) is 35.2 Å². The molecule has 0 radical (unpaired) electrons. The van der Waals surface area contributed by atoms with Gasteiger partial charge in [-0.3, -0.25) is 4.79 Å². The first-order valence-electron chi connectivity index (χ1n) is 7.58. The van der Waals surface area contributed by atoms with Crippen LogP contribution in [0, 0.1) is 0 Å². The molecule has 0 spiro atoms. The Morgan fingerprint density at radius 3 is 2.67 bits per heavy atom. The Morgan fingerprint density at radius 1 is 1.19 bits per heavy atom. The minimum atomic E-state index is -0.809. The van der Waals surface area contributed by atoms with Crippen LogP contribution in [0.4, 0.5) is 0 Å². The Bertz CT molecular complexity index is 667. The molecule has 0 bridgehead atoms. The Morgan fingerprint density at radius 2 is 1.95 bits per heavy atom. The van der Waals surface area contributed by atoms with E-state index in [2.05, 4.69) is 17.4 Å². The Balaban J connectivity index is 2.16. The van der Waals surface area contributed by atoms with Crippen LogP contribution in [0.2, 0.25) is 0 Å². The van der Waals surface area contributed by atoms with Gasteiger partial charge < -0.3 is 10.4 Å². The molecule has 1 aliphatic carbocycles. The summed E-state index contributed by atoms with van der Waals surface area (Å²) in [6.07, 6.45) is 2.71. The van der Waals surface area contributed by atoms with Crippen molar-refractivity contribution in [3.8, 4) is 0 Å². The lowest BCUT2D eigenvalue weighted by Gasteiger charge is -2.40. The molecular weight excluding hydrogens is 262 g/mol. The number of aliphatic hydroxyl groups excluding tert-OH is 1. The number of carbonyl (C=O) groups excluding carboxylic acids is 1. The highest BCUT2D eigenvalue weighted by Crippen LogP contribution is 2.40. The molecule has 0 heterocycles. The van der Waals surface area contributed by atoms with Crippen LogP contribution in [0.3, 0.4) is 0 Å². The second-order valence-electron chi connectivity index (χ2n) is 5.87. The van der Waals surface area contributed by atoms with Crippen LogP contribution in [0.5, 0.6) is 0 Å². The Labute approximate surface area is 125 Å². The topological polar surface area (TPSA) is 49.3 Å². The molecule has 1 amide bonds. The van der Waals surface area contributed by atoms with Crippen molar-refractivity contribution in [2.45, 2.75) is 37.2 Å². The summed E-state index contributed by atoms with van der Waals surface area (Å²) in [7, 11) is 1.65. The van der Waals surface area contributed by atoms with E-state index in [0.29, 0.717) is 12.8 Å². The van der Waals surface area contributed by atoms with Crippen molar-refractivity contribution in [2.24, 2.45) is 0 Å². The maximum atomic E-state index is 12.6. The number of hydrogen-bond acceptors (Lipinski definition) is 2. The highest BCUT2D eigenvalue weighted by molar-refractivity contribution is 5.91. The van der Waals surface area contributed by atoms with E-state index >= 15 is 0 Å². The van der Waals surface area contributed by atoms with Crippen molar-refractivity contribution in [1.29, 1.82) is 0 Å². The first-order chi connectivity index (χ1) is 10.2. The van der Waals surface area contributed by atoms with E-state index in [1.165, 1.54) is 0 Å². The summed E-state index contributed by atoms with van der Waals surface area (Å²) in [6, 6.07) is 14.2. The second-order valence-corrected chi connectivity index (χ2v) is 5.87. The predicted molar refractivity (Wildman–Crippen MR) is 84.2 cm³/mol. The largest absolute Gasteiger partial charge is 0.392 e. The van der Waals surface area contributed by atoms with Crippen LogP contribution in [-0.2, 0) is 10.2 Å². The summed E-state index contributed by atoms with van der Waals surface area (Å²) in [4.78, 5) is 12.6. The number of amides is 1. The van der Waals surface area contributed by atoms with Crippen LogP contribution in [0.1, 0.15) is 31.2 Å². The quantitative estimate of drug-likeness (QED) is 0.890. The monoisotopic (exact) mass is 283 g/mol. The minimum absolute atomic E-state index is 0.0787. The second kappa shape index (κ2) is 5.49. The molecule has 2 N–H and O–H groups in total. The van der Waals surface area contributed by atoms with Gasteiger partial charge in [-0.25, -0.2) is 0 Å². The maximum Gasteiger partial charge on any atom is 0.233 e.